The highest BCUT2D eigenvalue weighted by atomic mass is 32.1. The number of nitrogens with zero attached hydrogens (tertiary/aromatic N) is 3. The molecule has 4 aromatic rings. The van der Waals surface area contributed by atoms with Crippen molar-refractivity contribution in [1.82, 2.24) is 9.97 Å². The van der Waals surface area contributed by atoms with E-state index in [0.29, 0.717) is 16.4 Å². The first-order valence-electron chi connectivity index (χ1n) is 10.3. The molecule has 0 aliphatic carbocycles. The summed E-state index contributed by atoms with van der Waals surface area (Å²) in [7, 11) is 0. The Morgan fingerprint density at radius 2 is 1.81 bits per heavy atom. The fourth-order valence-corrected chi connectivity index (χ4v) is 4.46. The monoisotopic (exact) mass is 445 g/mol. The Morgan fingerprint density at radius 1 is 1.06 bits per heavy atom. The topological polar surface area (TPSA) is 72.4 Å². The van der Waals surface area contributed by atoms with Gasteiger partial charge in [0.2, 0.25) is 5.91 Å². The van der Waals surface area contributed by atoms with Crippen molar-refractivity contribution < 1.29 is 14.3 Å². The van der Waals surface area contributed by atoms with E-state index in [1.807, 2.05) is 67.8 Å². The maximum Gasteiger partial charge on any atom is 0.339 e. The lowest BCUT2D eigenvalue weighted by Gasteiger charge is -2.20. The number of thiazole rings is 1. The fraction of sp³-hybridized carbons (Fsp3) is 0.200. The number of esters is 1. The number of pyridine rings is 1. The molecular weight excluding hydrogens is 422 g/mol. The average molecular weight is 446 g/mol. The summed E-state index contributed by atoms with van der Waals surface area (Å²) in [5.74, 6) is -0.552. The van der Waals surface area contributed by atoms with Crippen molar-refractivity contribution in [3.63, 3.8) is 0 Å². The molecule has 162 valence electrons. The molecule has 0 radical (unpaired) electrons. The van der Waals surface area contributed by atoms with Crippen molar-refractivity contribution in [3.8, 4) is 0 Å². The fourth-order valence-electron chi connectivity index (χ4n) is 3.59. The molecule has 2 aromatic carbocycles. The highest BCUT2D eigenvalue weighted by molar-refractivity contribution is 7.14. The molecule has 2 aromatic heterocycles. The number of ether oxygens (including phenoxy) is 1. The van der Waals surface area contributed by atoms with Crippen molar-refractivity contribution >= 4 is 44.9 Å². The first-order chi connectivity index (χ1) is 15.5. The first kappa shape index (κ1) is 21.6. The Hall–Kier alpha value is -3.58. The number of hydrogen-bond donors (Lipinski definition) is 0. The number of anilines is 2. The van der Waals surface area contributed by atoms with Crippen molar-refractivity contribution in [2.75, 3.05) is 4.90 Å². The van der Waals surface area contributed by atoms with Gasteiger partial charge >= 0.3 is 5.97 Å². The van der Waals surface area contributed by atoms with Gasteiger partial charge in [-0.1, -0.05) is 43.3 Å². The van der Waals surface area contributed by atoms with Crippen LogP contribution in [0.4, 0.5) is 10.8 Å². The number of hydrogen-bond acceptors (Lipinski definition) is 6. The number of benzene rings is 2. The van der Waals surface area contributed by atoms with Crippen LogP contribution in [0.2, 0.25) is 0 Å². The van der Waals surface area contributed by atoms with Gasteiger partial charge in [-0.15, -0.1) is 11.3 Å². The molecule has 0 atom stereocenters. The van der Waals surface area contributed by atoms with Gasteiger partial charge in [0.05, 0.1) is 22.5 Å². The number of fused-ring (bicyclic) bond motifs is 1. The third-order valence-corrected chi connectivity index (χ3v) is 5.95. The van der Waals surface area contributed by atoms with E-state index in [2.05, 4.69) is 9.97 Å². The van der Waals surface area contributed by atoms with Crippen molar-refractivity contribution in [2.45, 2.75) is 33.8 Å². The summed E-state index contributed by atoms with van der Waals surface area (Å²) in [5.41, 5.74) is 4.45. The maximum atomic E-state index is 12.8. The molecule has 32 heavy (non-hydrogen) atoms. The zero-order valence-corrected chi connectivity index (χ0v) is 19.0. The zero-order chi connectivity index (χ0) is 22.7. The molecule has 0 fully saturated rings. The highest BCUT2D eigenvalue weighted by Gasteiger charge is 2.21. The van der Waals surface area contributed by atoms with Crippen LogP contribution in [0.5, 0.6) is 0 Å². The van der Waals surface area contributed by atoms with Crippen molar-refractivity contribution in [3.05, 3.63) is 82.5 Å². The highest BCUT2D eigenvalue weighted by Crippen LogP contribution is 2.32. The molecule has 4 rings (SSSR count). The minimum atomic E-state index is -0.430. The number of rotatable bonds is 6. The lowest BCUT2D eigenvalue weighted by molar-refractivity contribution is -0.115. The van der Waals surface area contributed by atoms with Crippen LogP contribution in [0.25, 0.3) is 10.9 Å². The Bertz CT molecular complexity index is 1300. The van der Waals surface area contributed by atoms with E-state index >= 15 is 0 Å². The normalized spacial score (nSPS) is 10.8. The zero-order valence-electron chi connectivity index (χ0n) is 18.2. The van der Waals surface area contributed by atoms with E-state index in [1.54, 1.807) is 11.0 Å². The van der Waals surface area contributed by atoms with Gasteiger partial charge in [0, 0.05) is 23.4 Å². The number of para-hydroxylation sites is 2. The summed E-state index contributed by atoms with van der Waals surface area (Å²) in [5, 5.41) is 3.11. The molecule has 0 saturated heterocycles. The number of carbonyl (C=O) groups is 2. The largest absolute Gasteiger partial charge is 0.456 e. The van der Waals surface area contributed by atoms with E-state index < -0.39 is 5.97 Å². The molecular formula is C25H23N3O3S. The molecule has 0 spiro atoms. The summed E-state index contributed by atoms with van der Waals surface area (Å²) >= 11 is 1.35. The number of amides is 1. The van der Waals surface area contributed by atoms with Gasteiger partial charge < -0.3 is 4.74 Å². The Labute approximate surface area is 190 Å². The van der Waals surface area contributed by atoms with Gasteiger partial charge in [0.15, 0.2) is 5.13 Å². The van der Waals surface area contributed by atoms with Crippen LogP contribution in [0.1, 0.15) is 41.2 Å². The minimum Gasteiger partial charge on any atom is -0.456 e. The van der Waals surface area contributed by atoms with Crippen LogP contribution < -0.4 is 4.90 Å². The van der Waals surface area contributed by atoms with Gasteiger partial charge in [0.1, 0.15) is 6.61 Å². The molecule has 0 unspecified atom stereocenters. The summed E-state index contributed by atoms with van der Waals surface area (Å²) < 4.78 is 5.56. The van der Waals surface area contributed by atoms with Crippen LogP contribution in [0.3, 0.4) is 0 Å². The Balaban J connectivity index is 1.55. The van der Waals surface area contributed by atoms with E-state index in [1.165, 1.54) is 18.3 Å². The van der Waals surface area contributed by atoms with Gasteiger partial charge in [-0.05, 0) is 37.1 Å². The van der Waals surface area contributed by atoms with Crippen molar-refractivity contribution in [1.29, 1.82) is 0 Å². The second-order valence-corrected chi connectivity index (χ2v) is 8.20. The Kier molecular flexibility index (Phi) is 6.28. The standard InChI is InChI=1S/C25H23N3O3S/c1-4-18-9-5-8-12-23(18)28(17(3)29)25-27-19(15-32-25)14-31-24(30)21-13-16(2)26-22-11-7-6-10-20(21)22/h5-13,15H,4,14H2,1-3H3. The van der Waals surface area contributed by atoms with E-state index in [4.69, 9.17) is 4.74 Å². The molecule has 6 nitrogen and oxygen atoms in total. The quantitative estimate of drug-likeness (QED) is 0.361. The molecule has 0 N–H and O–H groups in total. The molecule has 0 aliphatic heterocycles. The third-order valence-electron chi connectivity index (χ3n) is 5.07. The molecule has 7 heteroatoms. The lowest BCUT2D eigenvalue weighted by atomic mass is 10.1. The van der Waals surface area contributed by atoms with E-state index in [-0.39, 0.29) is 12.5 Å². The second-order valence-electron chi connectivity index (χ2n) is 7.36. The Morgan fingerprint density at radius 3 is 2.59 bits per heavy atom. The predicted molar refractivity (Wildman–Crippen MR) is 126 cm³/mol. The predicted octanol–water partition coefficient (Wildman–Crippen LogP) is 5.60. The van der Waals surface area contributed by atoms with Crippen LogP contribution in [-0.4, -0.2) is 21.8 Å². The average Bonchev–Trinajstić information content (AvgIpc) is 3.25. The van der Waals surface area contributed by atoms with Crippen molar-refractivity contribution in [2.24, 2.45) is 0 Å². The molecule has 1 amide bonds. The van der Waals surface area contributed by atoms with Gasteiger partial charge in [-0.2, -0.15) is 0 Å². The van der Waals surface area contributed by atoms with Crippen LogP contribution in [0, 0.1) is 6.92 Å². The summed E-state index contributed by atoms with van der Waals surface area (Å²) in [6.45, 7) is 5.44. The van der Waals surface area contributed by atoms with Crippen LogP contribution in [0.15, 0.2) is 60.0 Å². The number of aromatic nitrogens is 2. The maximum absolute atomic E-state index is 12.8. The summed E-state index contributed by atoms with van der Waals surface area (Å²) in [6.07, 6.45) is 0.801. The SMILES string of the molecule is CCc1ccccc1N(C(C)=O)c1nc(COC(=O)c2cc(C)nc3ccccc23)cs1. The second kappa shape index (κ2) is 9.28. The smallest absolute Gasteiger partial charge is 0.339 e. The molecule has 0 bridgehead atoms. The van der Waals surface area contributed by atoms with Gasteiger partial charge in [0.25, 0.3) is 0 Å². The van der Waals surface area contributed by atoms with Gasteiger partial charge in [-0.3, -0.25) is 14.7 Å². The van der Waals surface area contributed by atoms with Crippen LogP contribution >= 0.6 is 11.3 Å². The van der Waals surface area contributed by atoms with Gasteiger partial charge in [-0.25, -0.2) is 9.78 Å². The molecule has 0 aliphatic rings. The third kappa shape index (κ3) is 4.38. The number of aryl methyl sites for hydroxylation is 2. The summed E-state index contributed by atoms with van der Waals surface area (Å²) in [4.78, 5) is 35.9. The minimum absolute atomic E-state index is 0.0200. The lowest BCUT2D eigenvalue weighted by Crippen LogP contribution is -2.23. The summed E-state index contributed by atoms with van der Waals surface area (Å²) in [6, 6.07) is 17.0. The first-order valence-corrected chi connectivity index (χ1v) is 11.2. The molecule has 2 heterocycles. The van der Waals surface area contributed by atoms with E-state index in [0.717, 1.165) is 34.3 Å². The van der Waals surface area contributed by atoms with E-state index in [9.17, 15) is 9.59 Å². The van der Waals surface area contributed by atoms with Crippen LogP contribution in [-0.2, 0) is 22.6 Å². The molecule has 0 saturated carbocycles. The number of carbonyl (C=O) groups excluding carboxylic acids is 2.